The third kappa shape index (κ3) is 3.79. The second-order valence-electron chi connectivity index (χ2n) is 6.90. The van der Waals surface area contributed by atoms with Crippen LogP contribution in [0, 0.1) is 5.92 Å². The molecule has 0 spiro atoms. The molecule has 0 aliphatic carbocycles. The summed E-state index contributed by atoms with van der Waals surface area (Å²) in [5.41, 5.74) is -0.817. The highest BCUT2D eigenvalue weighted by Gasteiger charge is 2.32. The first-order valence-electron chi connectivity index (χ1n) is 9.01. The van der Waals surface area contributed by atoms with Gasteiger partial charge in [0.2, 0.25) is 11.8 Å². The summed E-state index contributed by atoms with van der Waals surface area (Å²) in [4.78, 5) is 53.5. The first-order chi connectivity index (χ1) is 12.5. The molecule has 2 aliphatic heterocycles. The van der Waals surface area contributed by atoms with Crippen molar-refractivity contribution in [1.82, 2.24) is 19.4 Å². The summed E-state index contributed by atoms with van der Waals surface area (Å²) < 4.78 is 1.54. The first-order valence-corrected chi connectivity index (χ1v) is 9.01. The van der Waals surface area contributed by atoms with Crippen LogP contribution >= 0.6 is 0 Å². The molecule has 3 rings (SSSR count). The smallest absolute Gasteiger partial charge is 0.328 e. The molecule has 0 saturated carbocycles. The van der Waals surface area contributed by atoms with Crippen LogP contribution in [0.15, 0.2) is 34.5 Å². The van der Waals surface area contributed by atoms with Gasteiger partial charge in [-0.2, -0.15) is 0 Å². The number of rotatable bonds is 3. The molecule has 0 radical (unpaired) electrons. The van der Waals surface area contributed by atoms with Gasteiger partial charge in [-0.25, -0.2) is 4.79 Å². The van der Waals surface area contributed by atoms with Crippen LogP contribution in [0.3, 0.4) is 0 Å². The van der Waals surface area contributed by atoms with Gasteiger partial charge in [0.05, 0.1) is 5.92 Å². The number of carbonyl (C=O) groups is 2. The fourth-order valence-electron chi connectivity index (χ4n) is 3.85. The number of nitrogens with one attached hydrogen (secondary N) is 1. The highest BCUT2D eigenvalue weighted by Crippen LogP contribution is 2.25. The summed E-state index contributed by atoms with van der Waals surface area (Å²) in [6.07, 6.45) is 5.75. The fourth-order valence-corrected chi connectivity index (χ4v) is 3.85. The maximum atomic E-state index is 12.8. The Hall–Kier alpha value is -2.64. The van der Waals surface area contributed by atoms with Crippen molar-refractivity contribution in [3.05, 3.63) is 45.8 Å². The van der Waals surface area contributed by atoms with Gasteiger partial charge in [0, 0.05) is 44.5 Å². The van der Waals surface area contributed by atoms with E-state index in [2.05, 4.69) is 11.6 Å². The zero-order valence-corrected chi connectivity index (χ0v) is 14.7. The van der Waals surface area contributed by atoms with Gasteiger partial charge in [-0.05, 0) is 31.8 Å². The van der Waals surface area contributed by atoms with Crippen molar-refractivity contribution in [1.29, 1.82) is 0 Å². The maximum absolute atomic E-state index is 12.8. The molecule has 1 unspecified atom stereocenters. The zero-order chi connectivity index (χ0) is 18.7. The Labute approximate surface area is 151 Å². The van der Waals surface area contributed by atoms with Gasteiger partial charge in [0.1, 0.15) is 0 Å². The molecule has 2 saturated heterocycles. The Morgan fingerprint density at radius 2 is 1.85 bits per heavy atom. The molecule has 0 aromatic carbocycles. The molecule has 3 heterocycles. The van der Waals surface area contributed by atoms with Gasteiger partial charge >= 0.3 is 5.69 Å². The number of aromatic nitrogens is 2. The standard InChI is InChI=1S/C18H24N4O4/c1-2-16(24)21-8-3-4-13(12-21)17(25)20-9-5-14(6-10-20)22-11-7-15(23)19-18(22)26/h2,7,11,13-14H,1,3-6,8-10,12H2,(H,19,23,26). The SMILES string of the molecule is C=CC(=O)N1CCCC(C(=O)N2CCC(n3ccc(=O)[nH]c3=O)CC2)C1. The van der Waals surface area contributed by atoms with Crippen molar-refractivity contribution in [2.45, 2.75) is 31.7 Å². The molecule has 26 heavy (non-hydrogen) atoms. The predicted octanol–water partition coefficient (Wildman–Crippen LogP) is 0.125. The lowest BCUT2D eigenvalue weighted by Gasteiger charge is -2.37. The van der Waals surface area contributed by atoms with E-state index < -0.39 is 11.2 Å². The monoisotopic (exact) mass is 360 g/mol. The van der Waals surface area contributed by atoms with E-state index in [1.165, 1.54) is 22.9 Å². The van der Waals surface area contributed by atoms with E-state index in [1.807, 2.05) is 4.90 Å². The predicted molar refractivity (Wildman–Crippen MR) is 95.7 cm³/mol. The Morgan fingerprint density at radius 3 is 2.50 bits per heavy atom. The molecule has 140 valence electrons. The van der Waals surface area contributed by atoms with Crippen molar-refractivity contribution >= 4 is 11.8 Å². The van der Waals surface area contributed by atoms with E-state index in [1.54, 1.807) is 4.90 Å². The topological polar surface area (TPSA) is 95.5 Å². The molecule has 1 aromatic heterocycles. The van der Waals surface area contributed by atoms with Crippen molar-refractivity contribution in [3.8, 4) is 0 Å². The number of hydrogen-bond acceptors (Lipinski definition) is 4. The average Bonchev–Trinajstić information content (AvgIpc) is 2.67. The summed E-state index contributed by atoms with van der Waals surface area (Å²) in [6, 6.07) is 1.32. The number of piperidine rings is 2. The van der Waals surface area contributed by atoms with Crippen molar-refractivity contribution in [3.63, 3.8) is 0 Å². The number of amides is 2. The number of hydrogen-bond donors (Lipinski definition) is 1. The van der Waals surface area contributed by atoms with Gasteiger partial charge in [-0.3, -0.25) is 23.9 Å². The third-order valence-electron chi connectivity index (χ3n) is 5.28. The molecule has 1 atom stereocenters. The summed E-state index contributed by atoms with van der Waals surface area (Å²) in [6.45, 7) is 5.77. The quantitative estimate of drug-likeness (QED) is 0.775. The lowest BCUT2D eigenvalue weighted by molar-refractivity contribution is -0.140. The fraction of sp³-hybridized carbons (Fsp3) is 0.556. The molecule has 1 N–H and O–H groups in total. The molecule has 8 heteroatoms. The number of H-pyrrole nitrogens is 1. The Bertz CT molecular complexity index is 804. The van der Waals surface area contributed by atoms with Crippen LogP contribution < -0.4 is 11.2 Å². The number of carbonyl (C=O) groups excluding carboxylic acids is 2. The minimum atomic E-state index is -0.409. The summed E-state index contributed by atoms with van der Waals surface area (Å²) in [5.74, 6) is -0.211. The van der Waals surface area contributed by atoms with Crippen LogP contribution in [-0.2, 0) is 9.59 Å². The lowest BCUT2D eigenvalue weighted by atomic mass is 9.94. The number of nitrogens with zero attached hydrogens (tertiary/aromatic N) is 3. The van der Waals surface area contributed by atoms with Gasteiger partial charge in [-0.1, -0.05) is 6.58 Å². The summed E-state index contributed by atoms with van der Waals surface area (Å²) >= 11 is 0. The van der Waals surface area contributed by atoms with Crippen LogP contribution in [0.25, 0.3) is 0 Å². The third-order valence-corrected chi connectivity index (χ3v) is 5.28. The Kier molecular flexibility index (Phi) is 5.39. The normalized spacial score (nSPS) is 21.5. The van der Waals surface area contributed by atoms with E-state index in [9.17, 15) is 19.2 Å². The molecule has 8 nitrogen and oxygen atoms in total. The molecule has 1 aromatic rings. The van der Waals surface area contributed by atoms with Gasteiger partial charge in [-0.15, -0.1) is 0 Å². The summed E-state index contributed by atoms with van der Waals surface area (Å²) in [5, 5.41) is 0. The Balaban J connectivity index is 1.60. The van der Waals surface area contributed by atoms with Crippen LogP contribution in [0.2, 0.25) is 0 Å². The van der Waals surface area contributed by atoms with E-state index in [0.717, 1.165) is 12.8 Å². The minimum Gasteiger partial charge on any atom is -0.342 e. The van der Waals surface area contributed by atoms with Crippen molar-refractivity contribution in [2.75, 3.05) is 26.2 Å². The van der Waals surface area contributed by atoms with Crippen molar-refractivity contribution in [2.24, 2.45) is 5.92 Å². The molecule has 2 aliphatic rings. The van der Waals surface area contributed by atoms with Crippen LogP contribution in [0.5, 0.6) is 0 Å². The molecule has 0 bridgehead atoms. The summed E-state index contributed by atoms with van der Waals surface area (Å²) in [7, 11) is 0. The van der Waals surface area contributed by atoms with E-state index >= 15 is 0 Å². The number of aromatic amines is 1. The minimum absolute atomic E-state index is 0.0198. The molecule has 2 fully saturated rings. The molecular formula is C18H24N4O4. The van der Waals surface area contributed by atoms with Crippen LogP contribution in [-0.4, -0.2) is 57.3 Å². The Morgan fingerprint density at radius 1 is 1.12 bits per heavy atom. The largest absolute Gasteiger partial charge is 0.342 e. The maximum Gasteiger partial charge on any atom is 0.328 e. The van der Waals surface area contributed by atoms with Crippen molar-refractivity contribution < 1.29 is 9.59 Å². The van der Waals surface area contributed by atoms with Crippen LogP contribution in [0.4, 0.5) is 0 Å². The average molecular weight is 360 g/mol. The highest BCUT2D eigenvalue weighted by atomic mass is 16.2. The van der Waals surface area contributed by atoms with E-state index in [-0.39, 0.29) is 23.8 Å². The molecular weight excluding hydrogens is 336 g/mol. The second kappa shape index (κ2) is 7.72. The van der Waals surface area contributed by atoms with Gasteiger partial charge in [0.25, 0.3) is 5.56 Å². The lowest BCUT2D eigenvalue weighted by Crippen LogP contribution is -2.49. The zero-order valence-electron chi connectivity index (χ0n) is 14.7. The highest BCUT2D eigenvalue weighted by molar-refractivity contribution is 5.88. The van der Waals surface area contributed by atoms with E-state index in [0.29, 0.717) is 39.0 Å². The van der Waals surface area contributed by atoms with Crippen LogP contribution in [0.1, 0.15) is 31.7 Å². The van der Waals surface area contributed by atoms with E-state index in [4.69, 9.17) is 0 Å². The second-order valence-corrected chi connectivity index (χ2v) is 6.90. The number of likely N-dealkylation sites (tertiary alicyclic amines) is 2. The first kappa shape index (κ1) is 18.2. The molecule has 2 amide bonds. The van der Waals surface area contributed by atoms with Gasteiger partial charge < -0.3 is 9.80 Å². The van der Waals surface area contributed by atoms with Gasteiger partial charge in [0.15, 0.2) is 0 Å².